The average molecular weight is 294 g/mol. The lowest BCUT2D eigenvalue weighted by Gasteiger charge is -2.21. The van der Waals surface area contributed by atoms with Gasteiger partial charge in [0.05, 0.1) is 11.8 Å². The van der Waals surface area contributed by atoms with Crippen molar-refractivity contribution >= 4 is 11.7 Å². The van der Waals surface area contributed by atoms with Gasteiger partial charge in [0, 0.05) is 19.1 Å². The van der Waals surface area contributed by atoms with Crippen LogP contribution in [-0.2, 0) is 0 Å². The van der Waals surface area contributed by atoms with E-state index < -0.39 is 5.82 Å². The molecule has 1 aliphatic rings. The van der Waals surface area contributed by atoms with Gasteiger partial charge in [-0.25, -0.2) is 9.37 Å². The summed E-state index contributed by atoms with van der Waals surface area (Å²) in [6, 6.07) is 1.25. The van der Waals surface area contributed by atoms with Gasteiger partial charge in [0.15, 0.2) is 0 Å². The second-order valence-corrected chi connectivity index (χ2v) is 5.46. The number of hydrogen-bond acceptors (Lipinski definition) is 4. The molecule has 0 aliphatic carbocycles. The Hall–Kier alpha value is -1.69. The lowest BCUT2D eigenvalue weighted by molar-refractivity contribution is 0.0932. The molecule has 1 unspecified atom stereocenters. The Balaban J connectivity index is 1.99. The van der Waals surface area contributed by atoms with Crippen LogP contribution in [0.4, 0.5) is 10.2 Å². The predicted molar refractivity (Wildman–Crippen MR) is 81.0 cm³/mol. The minimum absolute atomic E-state index is 0.0216. The highest BCUT2D eigenvalue weighted by atomic mass is 19.1. The van der Waals surface area contributed by atoms with Crippen LogP contribution >= 0.6 is 0 Å². The van der Waals surface area contributed by atoms with Crippen molar-refractivity contribution < 1.29 is 9.18 Å². The summed E-state index contributed by atoms with van der Waals surface area (Å²) in [5, 5.41) is 5.90. The number of amides is 1. The van der Waals surface area contributed by atoms with Crippen molar-refractivity contribution in [2.45, 2.75) is 32.7 Å². The van der Waals surface area contributed by atoms with Gasteiger partial charge in [0.2, 0.25) is 0 Å². The molecule has 0 aromatic carbocycles. The maximum Gasteiger partial charge on any atom is 0.255 e. The van der Waals surface area contributed by atoms with E-state index in [0.717, 1.165) is 25.8 Å². The minimum Gasteiger partial charge on any atom is -0.370 e. The highest BCUT2D eigenvalue weighted by Gasteiger charge is 2.19. The molecule has 0 radical (unpaired) electrons. The first-order valence-corrected chi connectivity index (χ1v) is 7.52. The summed E-state index contributed by atoms with van der Waals surface area (Å²) >= 11 is 0. The molecule has 116 valence electrons. The highest BCUT2D eigenvalue weighted by Crippen LogP contribution is 2.14. The van der Waals surface area contributed by atoms with Gasteiger partial charge in [-0.05, 0) is 45.8 Å². The number of anilines is 1. The molecule has 0 bridgehead atoms. The van der Waals surface area contributed by atoms with E-state index in [2.05, 4.69) is 20.5 Å². The van der Waals surface area contributed by atoms with Crippen LogP contribution in [0.15, 0.2) is 12.3 Å². The van der Waals surface area contributed by atoms with E-state index in [1.54, 1.807) is 0 Å². The largest absolute Gasteiger partial charge is 0.370 e. The van der Waals surface area contributed by atoms with Gasteiger partial charge in [0.1, 0.15) is 11.6 Å². The fourth-order valence-electron chi connectivity index (χ4n) is 2.62. The molecule has 2 N–H and O–H groups in total. The summed E-state index contributed by atoms with van der Waals surface area (Å²) in [6.45, 7) is 7.50. The second kappa shape index (κ2) is 7.36. The molecule has 2 rings (SSSR count). The zero-order chi connectivity index (χ0) is 15.2. The first kappa shape index (κ1) is 15.7. The highest BCUT2D eigenvalue weighted by molar-refractivity contribution is 5.98. The van der Waals surface area contributed by atoms with Crippen molar-refractivity contribution in [3.05, 3.63) is 23.6 Å². The molecule has 1 atom stereocenters. The van der Waals surface area contributed by atoms with Crippen molar-refractivity contribution in [1.29, 1.82) is 0 Å². The molecule has 1 aliphatic heterocycles. The molecule has 6 heteroatoms. The topological polar surface area (TPSA) is 57.3 Å². The van der Waals surface area contributed by atoms with E-state index in [1.165, 1.54) is 18.9 Å². The van der Waals surface area contributed by atoms with Crippen LogP contribution in [0.5, 0.6) is 0 Å². The number of likely N-dealkylation sites (tertiary alicyclic amines) is 1. The number of nitrogens with zero attached hydrogens (tertiary/aromatic N) is 2. The SMILES string of the molecule is CCNc1ncc(F)cc1C(=O)NC(C)CN1CCCC1. The third-order valence-corrected chi connectivity index (χ3v) is 3.55. The first-order valence-electron chi connectivity index (χ1n) is 7.52. The van der Waals surface area contributed by atoms with Crippen molar-refractivity contribution in [1.82, 2.24) is 15.2 Å². The average Bonchev–Trinajstić information content (AvgIpc) is 2.93. The van der Waals surface area contributed by atoms with Crippen LogP contribution < -0.4 is 10.6 Å². The molecule has 1 aromatic heterocycles. The predicted octanol–water partition coefficient (Wildman–Crippen LogP) is 1.87. The minimum atomic E-state index is -0.506. The zero-order valence-corrected chi connectivity index (χ0v) is 12.7. The van der Waals surface area contributed by atoms with Crippen molar-refractivity contribution in [2.75, 3.05) is 31.5 Å². The normalized spacial score (nSPS) is 16.7. The van der Waals surface area contributed by atoms with Crippen LogP contribution in [0, 0.1) is 5.82 Å². The molecular formula is C15H23FN4O. The van der Waals surface area contributed by atoms with E-state index in [9.17, 15) is 9.18 Å². The molecule has 2 heterocycles. The second-order valence-electron chi connectivity index (χ2n) is 5.46. The maximum absolute atomic E-state index is 13.3. The lowest BCUT2D eigenvalue weighted by atomic mass is 10.2. The molecule has 1 aromatic rings. The van der Waals surface area contributed by atoms with E-state index in [1.807, 2.05) is 13.8 Å². The Morgan fingerprint density at radius 3 is 2.86 bits per heavy atom. The third kappa shape index (κ3) is 4.39. The van der Waals surface area contributed by atoms with Gasteiger partial charge in [0.25, 0.3) is 5.91 Å². The first-order chi connectivity index (χ1) is 10.1. The van der Waals surface area contributed by atoms with Gasteiger partial charge >= 0.3 is 0 Å². The Kier molecular flexibility index (Phi) is 5.50. The molecule has 0 spiro atoms. The van der Waals surface area contributed by atoms with Gasteiger partial charge in [-0.3, -0.25) is 4.79 Å². The summed E-state index contributed by atoms with van der Waals surface area (Å²) in [6.07, 6.45) is 3.56. The molecular weight excluding hydrogens is 271 g/mol. The van der Waals surface area contributed by atoms with Crippen LogP contribution in [-0.4, -0.2) is 48.0 Å². The number of pyridine rings is 1. The number of carbonyl (C=O) groups excluding carboxylic acids is 1. The maximum atomic E-state index is 13.3. The quantitative estimate of drug-likeness (QED) is 0.841. The number of halogens is 1. The summed E-state index contributed by atoms with van der Waals surface area (Å²) in [7, 11) is 0. The third-order valence-electron chi connectivity index (χ3n) is 3.55. The van der Waals surface area contributed by atoms with E-state index in [0.29, 0.717) is 12.4 Å². The Labute approximate surface area is 124 Å². The van der Waals surface area contributed by atoms with Crippen molar-refractivity contribution in [2.24, 2.45) is 0 Å². The monoisotopic (exact) mass is 294 g/mol. The number of rotatable bonds is 6. The molecule has 0 saturated carbocycles. The smallest absolute Gasteiger partial charge is 0.255 e. The number of hydrogen-bond donors (Lipinski definition) is 2. The molecule has 1 fully saturated rings. The number of carbonyl (C=O) groups is 1. The van der Waals surface area contributed by atoms with Gasteiger partial charge in [-0.1, -0.05) is 0 Å². The van der Waals surface area contributed by atoms with Gasteiger partial charge in [-0.2, -0.15) is 0 Å². The number of aromatic nitrogens is 1. The molecule has 1 amide bonds. The van der Waals surface area contributed by atoms with Gasteiger partial charge < -0.3 is 15.5 Å². The fourth-order valence-corrected chi connectivity index (χ4v) is 2.62. The van der Waals surface area contributed by atoms with Crippen LogP contribution in [0.2, 0.25) is 0 Å². The summed E-state index contributed by atoms with van der Waals surface area (Å²) < 4.78 is 13.3. The molecule has 1 saturated heterocycles. The molecule has 5 nitrogen and oxygen atoms in total. The summed E-state index contributed by atoms with van der Waals surface area (Å²) in [5.41, 5.74) is 0.255. The fraction of sp³-hybridized carbons (Fsp3) is 0.600. The Bertz CT molecular complexity index is 489. The van der Waals surface area contributed by atoms with E-state index in [-0.39, 0.29) is 17.5 Å². The zero-order valence-electron chi connectivity index (χ0n) is 12.7. The van der Waals surface area contributed by atoms with Crippen LogP contribution in [0.1, 0.15) is 37.0 Å². The standard InChI is InChI=1S/C15H23FN4O/c1-3-17-14-13(8-12(16)9-18-14)15(21)19-11(2)10-20-6-4-5-7-20/h8-9,11H,3-7,10H2,1-2H3,(H,17,18)(H,19,21). The van der Waals surface area contributed by atoms with E-state index >= 15 is 0 Å². The summed E-state index contributed by atoms with van der Waals surface area (Å²) in [5.74, 6) is -0.372. The van der Waals surface area contributed by atoms with Crippen LogP contribution in [0.3, 0.4) is 0 Å². The van der Waals surface area contributed by atoms with Gasteiger partial charge in [-0.15, -0.1) is 0 Å². The van der Waals surface area contributed by atoms with Crippen molar-refractivity contribution in [3.8, 4) is 0 Å². The molecule has 21 heavy (non-hydrogen) atoms. The van der Waals surface area contributed by atoms with Crippen LogP contribution in [0.25, 0.3) is 0 Å². The van der Waals surface area contributed by atoms with Crippen molar-refractivity contribution in [3.63, 3.8) is 0 Å². The Morgan fingerprint density at radius 2 is 2.19 bits per heavy atom. The lowest BCUT2D eigenvalue weighted by Crippen LogP contribution is -2.41. The summed E-state index contributed by atoms with van der Waals surface area (Å²) in [4.78, 5) is 18.6. The number of nitrogens with one attached hydrogen (secondary N) is 2. The Morgan fingerprint density at radius 1 is 1.48 bits per heavy atom. The van der Waals surface area contributed by atoms with E-state index in [4.69, 9.17) is 0 Å².